The highest BCUT2D eigenvalue weighted by Crippen LogP contribution is 2.43. The van der Waals surface area contributed by atoms with Gasteiger partial charge in [-0.2, -0.15) is 0 Å². The number of likely N-dealkylation sites (N-methyl/N-ethyl adjacent to an activating group) is 1. The van der Waals surface area contributed by atoms with E-state index in [2.05, 4.69) is 16.0 Å². The molecule has 7 heteroatoms. The zero-order chi connectivity index (χ0) is 17.8. The molecule has 3 rings (SSSR count). The summed E-state index contributed by atoms with van der Waals surface area (Å²) in [6, 6.07) is 4.76. The van der Waals surface area contributed by atoms with Crippen molar-refractivity contribution in [2.24, 2.45) is 5.92 Å². The number of nitrogens with one attached hydrogen (secondary N) is 3. The van der Waals surface area contributed by atoms with Crippen LogP contribution >= 0.6 is 0 Å². The summed E-state index contributed by atoms with van der Waals surface area (Å²) in [5.41, 5.74) is 0.993. The number of ether oxygens (including phenoxy) is 2. The number of rotatable bonds is 6. The standard InChI is InChI=1S/C18H25N3O4/c1-3-19-17(22)11(2)20-18(23)21-16(12-4-5-12)13-6-7-14-15(10-13)25-9-8-24-14/h6-7,10-12,16H,3-5,8-9H2,1-2H3,(H,19,22)(H2,20,21,23)/t11-,16+/m1/s1. The fraction of sp³-hybridized carbons (Fsp3) is 0.556. The molecule has 0 bridgehead atoms. The molecule has 2 aliphatic rings. The maximum absolute atomic E-state index is 12.3. The number of amides is 3. The van der Waals surface area contributed by atoms with Gasteiger partial charge in [-0.25, -0.2) is 4.79 Å². The summed E-state index contributed by atoms with van der Waals surface area (Å²) in [6.45, 7) is 5.13. The Hall–Kier alpha value is -2.44. The van der Waals surface area contributed by atoms with Crippen LogP contribution < -0.4 is 25.4 Å². The zero-order valence-electron chi connectivity index (χ0n) is 14.6. The number of hydrogen-bond acceptors (Lipinski definition) is 4. The third-order valence-electron chi connectivity index (χ3n) is 4.40. The number of fused-ring (bicyclic) bond motifs is 1. The van der Waals surface area contributed by atoms with Crippen LogP contribution in [0.1, 0.15) is 38.3 Å². The first-order chi connectivity index (χ1) is 12.1. The van der Waals surface area contributed by atoms with Gasteiger partial charge in [-0.15, -0.1) is 0 Å². The van der Waals surface area contributed by atoms with Crippen molar-refractivity contribution < 1.29 is 19.1 Å². The molecule has 0 unspecified atom stereocenters. The first-order valence-corrected chi connectivity index (χ1v) is 8.82. The topological polar surface area (TPSA) is 88.7 Å². The lowest BCUT2D eigenvalue weighted by Gasteiger charge is -2.24. The minimum Gasteiger partial charge on any atom is -0.486 e. The van der Waals surface area contributed by atoms with Crippen LogP contribution in [0.25, 0.3) is 0 Å². The maximum Gasteiger partial charge on any atom is 0.315 e. The molecule has 136 valence electrons. The van der Waals surface area contributed by atoms with Crippen LogP contribution in [0.5, 0.6) is 11.5 Å². The van der Waals surface area contributed by atoms with E-state index in [-0.39, 0.29) is 18.0 Å². The molecule has 0 saturated heterocycles. The first-order valence-electron chi connectivity index (χ1n) is 8.82. The lowest BCUT2D eigenvalue weighted by atomic mass is 10.0. The summed E-state index contributed by atoms with van der Waals surface area (Å²) in [5.74, 6) is 1.67. The van der Waals surface area contributed by atoms with Crippen molar-refractivity contribution in [3.05, 3.63) is 23.8 Å². The Morgan fingerprint density at radius 1 is 1.16 bits per heavy atom. The maximum atomic E-state index is 12.3. The van der Waals surface area contributed by atoms with E-state index < -0.39 is 6.04 Å². The Morgan fingerprint density at radius 2 is 1.88 bits per heavy atom. The number of carbonyl (C=O) groups is 2. The molecule has 1 saturated carbocycles. The summed E-state index contributed by atoms with van der Waals surface area (Å²) in [4.78, 5) is 24.1. The number of benzene rings is 1. The third kappa shape index (κ3) is 4.35. The van der Waals surface area contributed by atoms with Crippen molar-refractivity contribution in [2.75, 3.05) is 19.8 Å². The zero-order valence-corrected chi connectivity index (χ0v) is 14.6. The molecular formula is C18H25N3O4. The average Bonchev–Trinajstić information content (AvgIpc) is 3.44. The van der Waals surface area contributed by atoms with Gasteiger partial charge in [0.25, 0.3) is 0 Å². The smallest absolute Gasteiger partial charge is 0.315 e. The Labute approximate surface area is 147 Å². The number of urea groups is 1. The van der Waals surface area contributed by atoms with Gasteiger partial charge < -0.3 is 25.4 Å². The number of hydrogen-bond donors (Lipinski definition) is 3. The molecule has 3 N–H and O–H groups in total. The Morgan fingerprint density at radius 3 is 2.56 bits per heavy atom. The van der Waals surface area contributed by atoms with E-state index in [1.165, 1.54) is 0 Å². The quantitative estimate of drug-likeness (QED) is 0.731. The first kappa shape index (κ1) is 17.4. The second-order valence-corrected chi connectivity index (χ2v) is 6.45. The minimum atomic E-state index is -0.583. The van der Waals surface area contributed by atoms with Gasteiger partial charge in [0, 0.05) is 6.54 Å². The highest BCUT2D eigenvalue weighted by Gasteiger charge is 2.34. The van der Waals surface area contributed by atoms with E-state index in [0.717, 1.165) is 24.2 Å². The summed E-state index contributed by atoms with van der Waals surface area (Å²) >= 11 is 0. The largest absolute Gasteiger partial charge is 0.486 e. The Balaban J connectivity index is 1.65. The molecule has 25 heavy (non-hydrogen) atoms. The summed E-state index contributed by atoms with van der Waals surface area (Å²) in [7, 11) is 0. The van der Waals surface area contributed by atoms with Crippen molar-refractivity contribution in [3.63, 3.8) is 0 Å². The van der Waals surface area contributed by atoms with Crippen LogP contribution in [0.15, 0.2) is 18.2 Å². The molecule has 1 heterocycles. The van der Waals surface area contributed by atoms with Gasteiger partial charge in [-0.05, 0) is 50.3 Å². The van der Waals surface area contributed by atoms with Crippen LogP contribution in [0.4, 0.5) is 4.79 Å². The molecule has 0 aromatic heterocycles. The van der Waals surface area contributed by atoms with E-state index >= 15 is 0 Å². The van der Waals surface area contributed by atoms with Gasteiger partial charge in [0.15, 0.2) is 11.5 Å². The van der Waals surface area contributed by atoms with Crippen LogP contribution in [0, 0.1) is 5.92 Å². The highest BCUT2D eigenvalue weighted by molar-refractivity contribution is 5.86. The minimum absolute atomic E-state index is 0.0998. The van der Waals surface area contributed by atoms with Crippen LogP contribution in [0.2, 0.25) is 0 Å². The molecule has 1 fully saturated rings. The highest BCUT2D eigenvalue weighted by atomic mass is 16.6. The van der Waals surface area contributed by atoms with Crippen molar-refractivity contribution in [1.29, 1.82) is 0 Å². The Bertz CT molecular complexity index is 645. The monoisotopic (exact) mass is 347 g/mol. The second-order valence-electron chi connectivity index (χ2n) is 6.45. The van der Waals surface area contributed by atoms with E-state index in [4.69, 9.17) is 9.47 Å². The van der Waals surface area contributed by atoms with E-state index in [0.29, 0.717) is 31.4 Å². The predicted octanol–water partition coefficient (Wildman–Crippen LogP) is 1.73. The van der Waals surface area contributed by atoms with Crippen molar-refractivity contribution in [1.82, 2.24) is 16.0 Å². The molecule has 1 aromatic rings. The molecule has 0 radical (unpaired) electrons. The molecular weight excluding hydrogens is 322 g/mol. The third-order valence-corrected chi connectivity index (χ3v) is 4.40. The van der Waals surface area contributed by atoms with Gasteiger partial charge in [0.2, 0.25) is 5.91 Å². The summed E-state index contributed by atoms with van der Waals surface area (Å²) in [6.07, 6.45) is 2.15. The lowest BCUT2D eigenvalue weighted by Crippen LogP contribution is -2.49. The molecule has 3 amide bonds. The lowest BCUT2D eigenvalue weighted by molar-refractivity contribution is -0.122. The second kappa shape index (κ2) is 7.63. The van der Waals surface area contributed by atoms with Crippen LogP contribution in [-0.4, -0.2) is 37.7 Å². The molecule has 1 aliphatic carbocycles. The van der Waals surface area contributed by atoms with Gasteiger partial charge in [0.05, 0.1) is 6.04 Å². The average molecular weight is 347 g/mol. The molecule has 0 spiro atoms. The molecule has 1 aliphatic heterocycles. The van der Waals surface area contributed by atoms with E-state index in [1.807, 2.05) is 25.1 Å². The van der Waals surface area contributed by atoms with Gasteiger partial charge in [-0.1, -0.05) is 6.07 Å². The number of carbonyl (C=O) groups excluding carboxylic acids is 2. The van der Waals surface area contributed by atoms with E-state index in [1.54, 1.807) is 6.92 Å². The SMILES string of the molecule is CCNC(=O)[C@@H](C)NC(=O)N[C@H](c1ccc2c(c1)OCCO2)C1CC1. The van der Waals surface area contributed by atoms with Gasteiger partial charge in [-0.3, -0.25) is 4.79 Å². The van der Waals surface area contributed by atoms with Crippen molar-refractivity contribution >= 4 is 11.9 Å². The summed E-state index contributed by atoms with van der Waals surface area (Å²) in [5, 5.41) is 8.39. The Kier molecular flexibility index (Phi) is 5.31. The fourth-order valence-corrected chi connectivity index (χ4v) is 2.93. The van der Waals surface area contributed by atoms with Crippen molar-refractivity contribution in [2.45, 2.75) is 38.8 Å². The van der Waals surface area contributed by atoms with Crippen molar-refractivity contribution in [3.8, 4) is 11.5 Å². The van der Waals surface area contributed by atoms with Crippen LogP contribution in [-0.2, 0) is 4.79 Å². The fourth-order valence-electron chi connectivity index (χ4n) is 2.93. The normalized spacial score (nSPS) is 18.0. The molecule has 1 aromatic carbocycles. The predicted molar refractivity (Wildman–Crippen MR) is 92.7 cm³/mol. The van der Waals surface area contributed by atoms with Gasteiger partial charge >= 0.3 is 6.03 Å². The molecule has 2 atom stereocenters. The van der Waals surface area contributed by atoms with Gasteiger partial charge in [0.1, 0.15) is 19.3 Å². The van der Waals surface area contributed by atoms with E-state index in [9.17, 15) is 9.59 Å². The van der Waals surface area contributed by atoms with Crippen LogP contribution in [0.3, 0.4) is 0 Å². The summed E-state index contributed by atoms with van der Waals surface area (Å²) < 4.78 is 11.2. The molecule has 7 nitrogen and oxygen atoms in total.